The van der Waals surface area contributed by atoms with Gasteiger partial charge in [0, 0.05) is 31.8 Å². The van der Waals surface area contributed by atoms with Crippen molar-refractivity contribution in [3.63, 3.8) is 0 Å². The largest absolute Gasteiger partial charge is 0.497 e. The van der Waals surface area contributed by atoms with Crippen molar-refractivity contribution >= 4 is 5.91 Å². The van der Waals surface area contributed by atoms with Crippen molar-refractivity contribution in [3.05, 3.63) is 59.8 Å². The number of methoxy groups -OCH3 is 4. The molecule has 0 spiro atoms. The Morgan fingerprint density at radius 3 is 2.42 bits per heavy atom. The van der Waals surface area contributed by atoms with Gasteiger partial charge in [-0.3, -0.25) is 9.48 Å². The van der Waals surface area contributed by atoms with E-state index in [1.54, 1.807) is 47.6 Å². The molecule has 164 valence electrons. The van der Waals surface area contributed by atoms with Crippen LogP contribution >= 0.6 is 0 Å². The molecule has 2 aromatic carbocycles. The summed E-state index contributed by atoms with van der Waals surface area (Å²) in [5.74, 6) is 1.75. The Labute approximate surface area is 181 Å². The third kappa shape index (κ3) is 4.80. The highest BCUT2D eigenvalue weighted by Gasteiger charge is 2.20. The van der Waals surface area contributed by atoms with Crippen molar-refractivity contribution in [2.24, 2.45) is 7.05 Å². The fraction of sp³-hybridized carbons (Fsp3) is 0.304. The van der Waals surface area contributed by atoms with Crippen molar-refractivity contribution < 1.29 is 23.7 Å². The molecule has 0 fully saturated rings. The first-order valence-corrected chi connectivity index (χ1v) is 9.72. The highest BCUT2D eigenvalue weighted by atomic mass is 16.5. The number of carbonyl (C=O) groups excluding carboxylic acids is 1. The second-order valence-electron chi connectivity index (χ2n) is 6.78. The Morgan fingerprint density at radius 1 is 1.00 bits per heavy atom. The van der Waals surface area contributed by atoms with E-state index >= 15 is 0 Å². The van der Waals surface area contributed by atoms with E-state index in [4.69, 9.17) is 18.9 Å². The molecule has 3 rings (SSSR count). The summed E-state index contributed by atoms with van der Waals surface area (Å²) in [6.45, 7) is 0.276. The summed E-state index contributed by atoms with van der Waals surface area (Å²) in [5.41, 5.74) is 2.62. The molecule has 0 saturated carbocycles. The number of nitrogens with zero attached hydrogens (tertiary/aromatic N) is 2. The van der Waals surface area contributed by atoms with Crippen molar-refractivity contribution in [1.82, 2.24) is 15.1 Å². The number of aryl methyl sites for hydroxylation is 1. The minimum Gasteiger partial charge on any atom is -0.497 e. The van der Waals surface area contributed by atoms with Gasteiger partial charge >= 0.3 is 0 Å². The first kappa shape index (κ1) is 22.2. The van der Waals surface area contributed by atoms with Crippen LogP contribution in [0, 0.1) is 0 Å². The average Bonchev–Trinajstić information content (AvgIpc) is 3.20. The molecule has 1 atom stereocenters. The normalized spacial score (nSPS) is 11.6. The Morgan fingerprint density at radius 2 is 1.74 bits per heavy atom. The van der Waals surface area contributed by atoms with Gasteiger partial charge in [-0.15, -0.1) is 0 Å². The number of nitrogens with one attached hydrogen (secondary N) is 1. The van der Waals surface area contributed by atoms with Crippen LogP contribution in [-0.4, -0.2) is 50.7 Å². The molecular weight excluding hydrogens is 398 g/mol. The summed E-state index contributed by atoms with van der Waals surface area (Å²) < 4.78 is 23.3. The molecule has 1 N–H and O–H groups in total. The average molecular weight is 425 g/mol. The molecule has 1 heterocycles. The van der Waals surface area contributed by atoms with Gasteiger partial charge < -0.3 is 24.3 Å². The highest BCUT2D eigenvalue weighted by molar-refractivity contribution is 5.94. The summed E-state index contributed by atoms with van der Waals surface area (Å²) in [5, 5.41) is 7.41. The number of hydrogen-bond acceptors (Lipinski definition) is 6. The molecule has 31 heavy (non-hydrogen) atoms. The van der Waals surface area contributed by atoms with Gasteiger partial charge in [-0.1, -0.05) is 18.2 Å². The number of aromatic nitrogens is 2. The molecule has 0 bridgehead atoms. The zero-order valence-electron chi connectivity index (χ0n) is 18.3. The lowest BCUT2D eigenvalue weighted by Crippen LogP contribution is -2.30. The second-order valence-corrected chi connectivity index (χ2v) is 6.78. The van der Waals surface area contributed by atoms with Crippen LogP contribution in [-0.2, 0) is 11.8 Å². The number of ether oxygens (including phenoxy) is 4. The van der Waals surface area contributed by atoms with E-state index in [1.807, 2.05) is 36.4 Å². The summed E-state index contributed by atoms with van der Waals surface area (Å²) in [6, 6.07) is 14.7. The van der Waals surface area contributed by atoms with Crippen LogP contribution < -0.4 is 19.5 Å². The number of benzene rings is 2. The summed E-state index contributed by atoms with van der Waals surface area (Å²) >= 11 is 0. The minimum absolute atomic E-state index is 0.264. The summed E-state index contributed by atoms with van der Waals surface area (Å²) in [4.78, 5) is 12.9. The third-order valence-electron chi connectivity index (χ3n) is 5.01. The van der Waals surface area contributed by atoms with E-state index in [2.05, 4.69) is 10.4 Å². The SMILES string of the molecule is COc1ccc(OC)c(-c2cc(C(=O)NCC(OC)c3ccccc3OC)n(C)n2)c1. The Hall–Kier alpha value is -3.52. The maximum atomic E-state index is 12.9. The van der Waals surface area contributed by atoms with E-state index in [1.165, 1.54) is 4.68 Å². The van der Waals surface area contributed by atoms with E-state index in [-0.39, 0.29) is 18.6 Å². The van der Waals surface area contributed by atoms with E-state index in [0.717, 1.165) is 11.1 Å². The van der Waals surface area contributed by atoms with Crippen LogP contribution in [0.1, 0.15) is 22.2 Å². The van der Waals surface area contributed by atoms with Crippen molar-refractivity contribution in [2.75, 3.05) is 35.0 Å². The summed E-state index contributed by atoms with van der Waals surface area (Å²) in [7, 11) is 8.11. The lowest BCUT2D eigenvalue weighted by molar-refractivity contribution is 0.0812. The Bertz CT molecular complexity index is 1050. The summed E-state index contributed by atoms with van der Waals surface area (Å²) in [6.07, 6.45) is -0.355. The lowest BCUT2D eigenvalue weighted by Gasteiger charge is -2.19. The molecule has 0 aliphatic heterocycles. The maximum absolute atomic E-state index is 12.9. The van der Waals surface area contributed by atoms with Gasteiger partial charge in [0.1, 0.15) is 29.0 Å². The molecule has 8 nitrogen and oxygen atoms in total. The molecule has 0 aliphatic rings. The molecule has 1 aromatic heterocycles. The maximum Gasteiger partial charge on any atom is 0.269 e. The van der Waals surface area contributed by atoms with Gasteiger partial charge in [-0.25, -0.2) is 0 Å². The van der Waals surface area contributed by atoms with Gasteiger partial charge in [0.15, 0.2) is 0 Å². The Balaban J connectivity index is 1.80. The fourth-order valence-corrected chi connectivity index (χ4v) is 3.35. The monoisotopic (exact) mass is 425 g/mol. The first-order valence-electron chi connectivity index (χ1n) is 9.72. The number of para-hydroxylation sites is 1. The zero-order valence-corrected chi connectivity index (χ0v) is 18.3. The lowest BCUT2D eigenvalue weighted by atomic mass is 10.1. The molecule has 0 radical (unpaired) electrons. The third-order valence-corrected chi connectivity index (χ3v) is 5.01. The zero-order chi connectivity index (χ0) is 22.4. The van der Waals surface area contributed by atoms with Crippen LogP contribution in [0.2, 0.25) is 0 Å². The number of hydrogen-bond donors (Lipinski definition) is 1. The molecule has 1 unspecified atom stereocenters. The van der Waals surface area contributed by atoms with Gasteiger partial charge in [0.25, 0.3) is 5.91 Å². The second kappa shape index (κ2) is 9.99. The molecule has 1 amide bonds. The molecule has 3 aromatic rings. The minimum atomic E-state index is -0.355. The smallest absolute Gasteiger partial charge is 0.269 e. The van der Waals surface area contributed by atoms with E-state index in [9.17, 15) is 4.79 Å². The predicted molar refractivity (Wildman–Crippen MR) is 117 cm³/mol. The van der Waals surface area contributed by atoms with Gasteiger partial charge in [0.2, 0.25) is 0 Å². The van der Waals surface area contributed by atoms with Gasteiger partial charge in [0.05, 0.1) is 27.0 Å². The quantitative estimate of drug-likeness (QED) is 0.567. The van der Waals surface area contributed by atoms with E-state index in [0.29, 0.717) is 28.6 Å². The topological polar surface area (TPSA) is 83.8 Å². The first-order chi connectivity index (χ1) is 15.0. The number of rotatable bonds is 9. The van der Waals surface area contributed by atoms with Crippen LogP contribution in [0.3, 0.4) is 0 Å². The van der Waals surface area contributed by atoms with Crippen LogP contribution in [0.4, 0.5) is 0 Å². The predicted octanol–water partition coefficient (Wildman–Crippen LogP) is 3.23. The standard InChI is InChI=1S/C23H27N3O5/c1-26-19(13-18(25-26)17-12-15(28-2)10-11-21(17)30-4)23(27)24-14-22(31-5)16-8-6-7-9-20(16)29-3/h6-13,22H,14H2,1-5H3,(H,24,27). The van der Waals surface area contributed by atoms with Crippen molar-refractivity contribution in [3.8, 4) is 28.5 Å². The molecular formula is C23H27N3O5. The molecule has 0 saturated heterocycles. The number of amides is 1. The van der Waals surface area contributed by atoms with Crippen molar-refractivity contribution in [1.29, 1.82) is 0 Å². The fourth-order valence-electron chi connectivity index (χ4n) is 3.35. The van der Waals surface area contributed by atoms with Crippen LogP contribution in [0.15, 0.2) is 48.5 Å². The highest BCUT2D eigenvalue weighted by Crippen LogP contribution is 2.33. The van der Waals surface area contributed by atoms with Crippen molar-refractivity contribution in [2.45, 2.75) is 6.10 Å². The van der Waals surface area contributed by atoms with Crippen LogP contribution in [0.25, 0.3) is 11.3 Å². The Kier molecular flexibility index (Phi) is 7.15. The molecule has 0 aliphatic carbocycles. The van der Waals surface area contributed by atoms with E-state index < -0.39 is 0 Å². The van der Waals surface area contributed by atoms with Crippen LogP contribution in [0.5, 0.6) is 17.2 Å². The molecule has 8 heteroatoms. The van der Waals surface area contributed by atoms with Gasteiger partial charge in [-0.05, 0) is 30.3 Å². The van der Waals surface area contributed by atoms with Gasteiger partial charge in [-0.2, -0.15) is 5.10 Å². The number of carbonyl (C=O) groups is 1.